The lowest BCUT2D eigenvalue weighted by Gasteiger charge is -2.42. The van der Waals surface area contributed by atoms with Gasteiger partial charge in [-0.25, -0.2) is 0 Å². The van der Waals surface area contributed by atoms with Crippen molar-refractivity contribution in [1.82, 2.24) is 4.90 Å². The van der Waals surface area contributed by atoms with E-state index in [0.717, 1.165) is 38.3 Å². The SMILES string of the molecule is CCCC1CCN(C(=O)C2(C(=O)O)CCC2)CC1. The van der Waals surface area contributed by atoms with E-state index < -0.39 is 11.4 Å². The average molecular weight is 253 g/mol. The summed E-state index contributed by atoms with van der Waals surface area (Å²) in [6, 6.07) is 0. The molecule has 1 heterocycles. The molecule has 0 spiro atoms. The molecule has 0 aromatic heterocycles. The van der Waals surface area contributed by atoms with Gasteiger partial charge in [0.15, 0.2) is 0 Å². The number of carboxylic acids is 1. The van der Waals surface area contributed by atoms with Crippen molar-refractivity contribution >= 4 is 11.9 Å². The number of carbonyl (C=O) groups is 2. The molecule has 1 saturated carbocycles. The third kappa shape index (κ3) is 2.25. The molecular weight excluding hydrogens is 230 g/mol. The van der Waals surface area contributed by atoms with Gasteiger partial charge in [0, 0.05) is 13.1 Å². The Hall–Kier alpha value is -1.06. The first-order chi connectivity index (χ1) is 8.60. The Labute approximate surface area is 108 Å². The van der Waals surface area contributed by atoms with E-state index in [1.165, 1.54) is 12.8 Å². The number of likely N-dealkylation sites (tertiary alicyclic amines) is 1. The summed E-state index contributed by atoms with van der Waals surface area (Å²) >= 11 is 0. The monoisotopic (exact) mass is 253 g/mol. The van der Waals surface area contributed by atoms with Gasteiger partial charge in [-0.3, -0.25) is 9.59 Å². The molecule has 0 bridgehead atoms. The summed E-state index contributed by atoms with van der Waals surface area (Å²) < 4.78 is 0. The number of rotatable bonds is 4. The molecule has 1 amide bonds. The Kier molecular flexibility index (Phi) is 3.93. The first kappa shape index (κ1) is 13.4. The normalized spacial score (nSPS) is 23.5. The molecule has 102 valence electrons. The molecule has 0 unspecified atom stereocenters. The van der Waals surface area contributed by atoms with Crippen molar-refractivity contribution in [3.8, 4) is 0 Å². The summed E-state index contributed by atoms with van der Waals surface area (Å²) in [5.74, 6) is -0.327. The summed E-state index contributed by atoms with van der Waals surface area (Å²) in [7, 11) is 0. The van der Waals surface area contributed by atoms with Crippen molar-refractivity contribution in [3.63, 3.8) is 0 Å². The number of carbonyl (C=O) groups excluding carboxylic acids is 1. The molecule has 1 aliphatic heterocycles. The fourth-order valence-corrected chi connectivity index (χ4v) is 3.19. The van der Waals surface area contributed by atoms with Crippen molar-refractivity contribution in [2.45, 2.75) is 51.9 Å². The van der Waals surface area contributed by atoms with Gasteiger partial charge in [-0.15, -0.1) is 0 Å². The van der Waals surface area contributed by atoms with Crippen molar-refractivity contribution in [2.75, 3.05) is 13.1 Å². The van der Waals surface area contributed by atoms with Gasteiger partial charge in [-0.1, -0.05) is 26.2 Å². The first-order valence-corrected chi connectivity index (χ1v) is 7.13. The van der Waals surface area contributed by atoms with Crippen LogP contribution in [0.2, 0.25) is 0 Å². The smallest absolute Gasteiger partial charge is 0.319 e. The summed E-state index contributed by atoms with van der Waals surface area (Å²) in [4.78, 5) is 25.5. The minimum Gasteiger partial charge on any atom is -0.480 e. The second-order valence-electron chi connectivity index (χ2n) is 5.77. The van der Waals surface area contributed by atoms with Crippen molar-refractivity contribution < 1.29 is 14.7 Å². The number of piperidine rings is 1. The van der Waals surface area contributed by atoms with E-state index in [4.69, 9.17) is 0 Å². The second-order valence-corrected chi connectivity index (χ2v) is 5.77. The topological polar surface area (TPSA) is 57.6 Å². The first-order valence-electron chi connectivity index (χ1n) is 7.13. The molecule has 0 aromatic carbocycles. The van der Waals surface area contributed by atoms with Crippen LogP contribution in [0, 0.1) is 11.3 Å². The number of hydrogen-bond acceptors (Lipinski definition) is 2. The maximum absolute atomic E-state index is 12.4. The van der Waals surface area contributed by atoms with Crippen LogP contribution >= 0.6 is 0 Å². The predicted molar refractivity (Wildman–Crippen MR) is 68.1 cm³/mol. The van der Waals surface area contributed by atoms with Gasteiger partial charge >= 0.3 is 5.97 Å². The zero-order valence-electron chi connectivity index (χ0n) is 11.2. The standard InChI is InChI=1S/C14H23NO3/c1-2-4-11-5-9-15(10-6-11)12(16)14(13(17)18)7-3-8-14/h11H,2-10H2,1H3,(H,17,18). The van der Waals surface area contributed by atoms with E-state index in [1.54, 1.807) is 4.90 Å². The van der Waals surface area contributed by atoms with Gasteiger partial charge in [0.2, 0.25) is 5.91 Å². The maximum atomic E-state index is 12.4. The van der Waals surface area contributed by atoms with Crippen LogP contribution in [0.25, 0.3) is 0 Å². The Balaban J connectivity index is 1.93. The Bertz CT molecular complexity index is 328. The number of hydrogen-bond donors (Lipinski definition) is 1. The van der Waals surface area contributed by atoms with E-state index in [-0.39, 0.29) is 5.91 Å². The van der Waals surface area contributed by atoms with Gasteiger partial charge in [0.1, 0.15) is 5.41 Å². The van der Waals surface area contributed by atoms with Crippen LogP contribution in [-0.2, 0) is 9.59 Å². The number of aliphatic carboxylic acids is 1. The third-order valence-corrected chi connectivity index (χ3v) is 4.62. The third-order valence-electron chi connectivity index (χ3n) is 4.62. The van der Waals surface area contributed by atoms with Crippen LogP contribution in [0.5, 0.6) is 0 Å². The van der Waals surface area contributed by atoms with Gasteiger partial charge in [0.25, 0.3) is 0 Å². The minimum atomic E-state index is -1.07. The maximum Gasteiger partial charge on any atom is 0.319 e. The minimum absolute atomic E-state index is 0.129. The van der Waals surface area contributed by atoms with Crippen LogP contribution in [0.15, 0.2) is 0 Å². The molecule has 2 rings (SSSR count). The molecule has 0 radical (unpaired) electrons. The average Bonchev–Trinajstić information content (AvgIpc) is 2.28. The lowest BCUT2D eigenvalue weighted by atomic mass is 9.67. The Morgan fingerprint density at radius 3 is 2.28 bits per heavy atom. The summed E-state index contributed by atoms with van der Waals surface area (Å²) in [5.41, 5.74) is -1.07. The molecule has 4 nitrogen and oxygen atoms in total. The van der Waals surface area contributed by atoms with Crippen LogP contribution in [0.3, 0.4) is 0 Å². The van der Waals surface area contributed by atoms with Crippen molar-refractivity contribution in [1.29, 1.82) is 0 Å². The quantitative estimate of drug-likeness (QED) is 0.782. The summed E-state index contributed by atoms with van der Waals surface area (Å²) in [5, 5.41) is 9.27. The Morgan fingerprint density at radius 2 is 1.89 bits per heavy atom. The second kappa shape index (κ2) is 5.29. The van der Waals surface area contributed by atoms with Crippen LogP contribution in [0.1, 0.15) is 51.9 Å². The number of carboxylic acid groups (broad SMARTS) is 1. The summed E-state index contributed by atoms with van der Waals surface area (Å²) in [6.45, 7) is 3.68. The van der Waals surface area contributed by atoms with Crippen molar-refractivity contribution in [3.05, 3.63) is 0 Å². The van der Waals surface area contributed by atoms with Crippen LogP contribution in [0.4, 0.5) is 0 Å². The Morgan fingerprint density at radius 1 is 1.28 bits per heavy atom. The predicted octanol–water partition coefficient (Wildman–Crippen LogP) is 2.28. The van der Waals surface area contributed by atoms with E-state index in [1.807, 2.05) is 0 Å². The fraction of sp³-hybridized carbons (Fsp3) is 0.857. The largest absolute Gasteiger partial charge is 0.480 e. The molecule has 1 saturated heterocycles. The molecular formula is C14H23NO3. The van der Waals surface area contributed by atoms with Crippen molar-refractivity contribution in [2.24, 2.45) is 11.3 Å². The highest BCUT2D eigenvalue weighted by molar-refractivity contribution is 6.02. The van der Waals surface area contributed by atoms with Gasteiger partial charge in [0.05, 0.1) is 0 Å². The molecule has 1 aliphatic carbocycles. The van der Waals surface area contributed by atoms with E-state index >= 15 is 0 Å². The molecule has 2 fully saturated rings. The molecule has 0 aromatic rings. The lowest BCUT2D eigenvalue weighted by molar-refractivity contribution is -0.168. The molecule has 2 aliphatic rings. The van der Waals surface area contributed by atoms with Crippen LogP contribution in [-0.4, -0.2) is 35.0 Å². The zero-order valence-corrected chi connectivity index (χ0v) is 11.2. The molecule has 4 heteroatoms. The lowest BCUT2D eigenvalue weighted by Crippen LogP contribution is -2.54. The fourth-order valence-electron chi connectivity index (χ4n) is 3.19. The van der Waals surface area contributed by atoms with Gasteiger partial charge < -0.3 is 10.0 Å². The van der Waals surface area contributed by atoms with Gasteiger partial charge in [-0.05, 0) is 31.6 Å². The number of amides is 1. The highest BCUT2D eigenvalue weighted by Gasteiger charge is 2.53. The summed E-state index contributed by atoms with van der Waals surface area (Å²) in [6.07, 6.45) is 6.41. The van der Waals surface area contributed by atoms with E-state index in [9.17, 15) is 14.7 Å². The molecule has 1 N–H and O–H groups in total. The highest BCUT2D eigenvalue weighted by atomic mass is 16.4. The molecule has 0 atom stereocenters. The van der Waals surface area contributed by atoms with E-state index in [2.05, 4.69) is 6.92 Å². The number of nitrogens with zero attached hydrogens (tertiary/aromatic N) is 1. The van der Waals surface area contributed by atoms with Gasteiger partial charge in [-0.2, -0.15) is 0 Å². The highest BCUT2D eigenvalue weighted by Crippen LogP contribution is 2.43. The van der Waals surface area contributed by atoms with Crippen LogP contribution < -0.4 is 0 Å². The zero-order chi connectivity index (χ0) is 13.2. The van der Waals surface area contributed by atoms with E-state index in [0.29, 0.717) is 12.8 Å². The molecule has 18 heavy (non-hydrogen) atoms.